The largest absolute Gasteiger partial charge is 0.327 e. The molecular weight excluding hydrogens is 209 g/mol. The molecule has 4 nitrogen and oxygen atoms in total. The van der Waals surface area contributed by atoms with E-state index >= 15 is 0 Å². The van der Waals surface area contributed by atoms with Crippen LogP contribution >= 0.6 is 0 Å². The maximum Gasteiger partial charge on any atom is 0.227 e. The van der Waals surface area contributed by atoms with E-state index in [0.29, 0.717) is 5.82 Å². The van der Waals surface area contributed by atoms with Crippen molar-refractivity contribution in [3.63, 3.8) is 0 Å². The molecule has 0 radical (unpaired) electrons. The zero-order valence-electron chi connectivity index (χ0n) is 9.40. The van der Waals surface area contributed by atoms with Gasteiger partial charge in [0.15, 0.2) is 0 Å². The molecule has 1 aromatic rings. The second-order valence-electron chi connectivity index (χ2n) is 4.02. The number of nitrogens with one attached hydrogen (secondary N) is 1. The number of nitrogens with two attached hydrogens (primary N) is 1. The summed E-state index contributed by atoms with van der Waals surface area (Å²) in [5.74, 6) is -0.0635. The molecule has 5 heteroatoms. The van der Waals surface area contributed by atoms with Crippen molar-refractivity contribution in [3.8, 4) is 0 Å². The summed E-state index contributed by atoms with van der Waals surface area (Å²) in [5.41, 5.74) is 5.75. The van der Waals surface area contributed by atoms with Crippen LogP contribution in [0.25, 0.3) is 0 Å². The first kappa shape index (κ1) is 12.6. The third kappa shape index (κ3) is 3.94. The van der Waals surface area contributed by atoms with E-state index in [4.69, 9.17) is 5.73 Å². The normalized spacial score (nSPS) is 12.6. The Morgan fingerprint density at radius 1 is 1.56 bits per heavy atom. The number of carbonyl (C=O) groups excluding carboxylic acids is 1. The SMILES string of the molecule is CC(C)C(N)CC(=O)Nc1ccc(F)cn1. The van der Waals surface area contributed by atoms with Gasteiger partial charge in [-0.2, -0.15) is 0 Å². The Morgan fingerprint density at radius 3 is 2.75 bits per heavy atom. The van der Waals surface area contributed by atoms with Crippen LogP contribution in [0.3, 0.4) is 0 Å². The first-order valence-corrected chi connectivity index (χ1v) is 5.16. The fourth-order valence-corrected chi connectivity index (χ4v) is 1.09. The lowest BCUT2D eigenvalue weighted by Crippen LogP contribution is -2.31. The van der Waals surface area contributed by atoms with Gasteiger partial charge in [0, 0.05) is 12.5 Å². The van der Waals surface area contributed by atoms with E-state index in [2.05, 4.69) is 10.3 Å². The Labute approximate surface area is 94.1 Å². The summed E-state index contributed by atoms with van der Waals surface area (Å²) >= 11 is 0. The Hall–Kier alpha value is -1.49. The fourth-order valence-electron chi connectivity index (χ4n) is 1.09. The fraction of sp³-hybridized carbons (Fsp3) is 0.455. The summed E-state index contributed by atoms with van der Waals surface area (Å²) in [6.07, 6.45) is 1.29. The lowest BCUT2D eigenvalue weighted by atomic mass is 10.0. The van der Waals surface area contributed by atoms with Gasteiger partial charge in [-0.3, -0.25) is 4.79 Å². The van der Waals surface area contributed by atoms with E-state index in [0.717, 1.165) is 6.20 Å². The Bertz CT molecular complexity index is 351. The maximum absolute atomic E-state index is 12.5. The van der Waals surface area contributed by atoms with Crippen LogP contribution in [-0.2, 0) is 4.79 Å². The number of nitrogens with zero attached hydrogens (tertiary/aromatic N) is 1. The zero-order valence-corrected chi connectivity index (χ0v) is 9.40. The highest BCUT2D eigenvalue weighted by atomic mass is 19.1. The zero-order chi connectivity index (χ0) is 12.1. The second-order valence-corrected chi connectivity index (χ2v) is 4.02. The van der Waals surface area contributed by atoms with Crippen molar-refractivity contribution in [2.45, 2.75) is 26.3 Å². The van der Waals surface area contributed by atoms with Gasteiger partial charge in [-0.15, -0.1) is 0 Å². The summed E-state index contributed by atoms with van der Waals surface area (Å²) in [7, 11) is 0. The van der Waals surface area contributed by atoms with Crippen molar-refractivity contribution in [1.29, 1.82) is 0 Å². The predicted octanol–water partition coefficient (Wildman–Crippen LogP) is 1.53. The first-order valence-electron chi connectivity index (χ1n) is 5.16. The topological polar surface area (TPSA) is 68.0 Å². The van der Waals surface area contributed by atoms with E-state index < -0.39 is 5.82 Å². The van der Waals surface area contributed by atoms with Crippen molar-refractivity contribution in [2.24, 2.45) is 11.7 Å². The van der Waals surface area contributed by atoms with Crippen LogP contribution in [0.4, 0.5) is 10.2 Å². The average molecular weight is 225 g/mol. The molecule has 0 aliphatic rings. The molecule has 0 aliphatic carbocycles. The second kappa shape index (κ2) is 5.55. The smallest absolute Gasteiger partial charge is 0.227 e. The molecule has 0 fully saturated rings. The van der Waals surface area contributed by atoms with Gasteiger partial charge in [0.05, 0.1) is 6.20 Å². The number of rotatable bonds is 4. The van der Waals surface area contributed by atoms with Crippen molar-refractivity contribution >= 4 is 11.7 Å². The molecule has 3 N–H and O–H groups in total. The minimum atomic E-state index is -0.433. The molecule has 88 valence electrons. The number of anilines is 1. The van der Waals surface area contributed by atoms with E-state index in [1.165, 1.54) is 12.1 Å². The van der Waals surface area contributed by atoms with Gasteiger partial charge < -0.3 is 11.1 Å². The Balaban J connectivity index is 2.48. The van der Waals surface area contributed by atoms with Gasteiger partial charge >= 0.3 is 0 Å². The number of halogens is 1. The highest BCUT2D eigenvalue weighted by Crippen LogP contribution is 2.07. The molecule has 1 rings (SSSR count). The highest BCUT2D eigenvalue weighted by Gasteiger charge is 2.13. The summed E-state index contributed by atoms with van der Waals surface area (Å²) in [6.45, 7) is 3.90. The number of hydrogen-bond acceptors (Lipinski definition) is 3. The van der Waals surface area contributed by atoms with Crippen LogP contribution in [0.15, 0.2) is 18.3 Å². The number of amides is 1. The molecule has 0 saturated carbocycles. The van der Waals surface area contributed by atoms with E-state index in [-0.39, 0.29) is 24.3 Å². The van der Waals surface area contributed by atoms with E-state index in [9.17, 15) is 9.18 Å². The molecule has 0 bridgehead atoms. The van der Waals surface area contributed by atoms with Crippen LogP contribution in [0.2, 0.25) is 0 Å². The van der Waals surface area contributed by atoms with E-state index in [1.54, 1.807) is 0 Å². The van der Waals surface area contributed by atoms with Crippen LogP contribution < -0.4 is 11.1 Å². The summed E-state index contributed by atoms with van der Waals surface area (Å²) in [5, 5.41) is 2.56. The molecular formula is C11H16FN3O. The first-order chi connectivity index (χ1) is 7.49. The lowest BCUT2D eigenvalue weighted by Gasteiger charge is -2.14. The monoisotopic (exact) mass is 225 g/mol. The molecule has 16 heavy (non-hydrogen) atoms. The molecule has 1 amide bonds. The quantitative estimate of drug-likeness (QED) is 0.816. The number of hydrogen-bond donors (Lipinski definition) is 2. The molecule has 0 saturated heterocycles. The summed E-state index contributed by atoms with van der Waals surface area (Å²) in [4.78, 5) is 15.2. The minimum Gasteiger partial charge on any atom is -0.327 e. The summed E-state index contributed by atoms with van der Waals surface area (Å²) < 4.78 is 12.5. The van der Waals surface area contributed by atoms with Crippen LogP contribution in [0.5, 0.6) is 0 Å². The van der Waals surface area contributed by atoms with Gasteiger partial charge in [0.2, 0.25) is 5.91 Å². The molecule has 1 unspecified atom stereocenters. The standard InChI is InChI=1S/C11H16FN3O/c1-7(2)9(13)5-11(16)15-10-4-3-8(12)6-14-10/h3-4,6-7,9H,5,13H2,1-2H3,(H,14,15,16). The molecule has 1 aromatic heterocycles. The molecule has 1 heterocycles. The number of aromatic nitrogens is 1. The van der Waals surface area contributed by atoms with Crippen LogP contribution in [0, 0.1) is 11.7 Å². The third-order valence-corrected chi connectivity index (χ3v) is 2.27. The Kier molecular flexibility index (Phi) is 4.37. The Morgan fingerprint density at radius 2 is 2.25 bits per heavy atom. The van der Waals surface area contributed by atoms with E-state index in [1.807, 2.05) is 13.8 Å². The van der Waals surface area contributed by atoms with Gasteiger partial charge in [-0.1, -0.05) is 13.8 Å². The predicted molar refractivity (Wildman–Crippen MR) is 60.3 cm³/mol. The molecule has 0 spiro atoms. The molecule has 0 aliphatic heterocycles. The van der Waals surface area contributed by atoms with Gasteiger partial charge in [0.25, 0.3) is 0 Å². The van der Waals surface area contributed by atoms with Crippen LogP contribution in [-0.4, -0.2) is 16.9 Å². The number of pyridine rings is 1. The minimum absolute atomic E-state index is 0.180. The average Bonchev–Trinajstić information content (AvgIpc) is 2.21. The van der Waals surface area contributed by atoms with Crippen LogP contribution in [0.1, 0.15) is 20.3 Å². The lowest BCUT2D eigenvalue weighted by molar-refractivity contribution is -0.116. The summed E-state index contributed by atoms with van der Waals surface area (Å²) in [6, 6.07) is 2.47. The van der Waals surface area contributed by atoms with Gasteiger partial charge in [-0.25, -0.2) is 9.37 Å². The number of carbonyl (C=O) groups is 1. The van der Waals surface area contributed by atoms with Crippen molar-refractivity contribution in [1.82, 2.24) is 4.98 Å². The molecule has 0 aromatic carbocycles. The van der Waals surface area contributed by atoms with Gasteiger partial charge in [-0.05, 0) is 18.1 Å². The molecule has 1 atom stereocenters. The van der Waals surface area contributed by atoms with Crippen molar-refractivity contribution < 1.29 is 9.18 Å². The highest BCUT2D eigenvalue weighted by molar-refractivity contribution is 5.90. The van der Waals surface area contributed by atoms with Crippen molar-refractivity contribution in [2.75, 3.05) is 5.32 Å². The van der Waals surface area contributed by atoms with Gasteiger partial charge in [0.1, 0.15) is 11.6 Å². The maximum atomic E-state index is 12.5. The van der Waals surface area contributed by atoms with Crippen molar-refractivity contribution in [3.05, 3.63) is 24.1 Å². The third-order valence-electron chi connectivity index (χ3n) is 2.27.